The Bertz CT molecular complexity index is 1520. The van der Waals surface area contributed by atoms with Gasteiger partial charge in [0, 0.05) is 75.7 Å². The molecule has 8 nitrogen and oxygen atoms in total. The molecule has 1 aromatic heterocycles. The summed E-state index contributed by atoms with van der Waals surface area (Å²) >= 11 is 0. The first-order valence-electron chi connectivity index (χ1n) is 14.3. The molecule has 2 saturated heterocycles. The summed E-state index contributed by atoms with van der Waals surface area (Å²) in [6, 6.07) is 10.8. The van der Waals surface area contributed by atoms with Gasteiger partial charge in [-0.2, -0.15) is 13.2 Å². The molecule has 12 heteroatoms. The maximum Gasteiger partial charge on any atom is 0.417 e. The molecule has 1 amide bonds. The number of hydrogen-bond acceptors (Lipinski definition) is 6. The molecule has 0 bridgehead atoms. The SMILES string of the molecule is C[C@@H]1CN(c2ccc(-c3cc(CN4CCNCC4)ccc3F)cc2NC(=O)c2c[nH]c(=O)cc2C(F)(F)F)C[C@H](C)N1C. The number of halogens is 4. The number of nitrogens with one attached hydrogen (secondary N) is 3. The van der Waals surface area contributed by atoms with Crippen LogP contribution in [0.4, 0.5) is 28.9 Å². The number of pyridine rings is 1. The third-order valence-electron chi connectivity index (χ3n) is 8.38. The minimum absolute atomic E-state index is 0.169. The van der Waals surface area contributed by atoms with Gasteiger partial charge >= 0.3 is 6.18 Å². The van der Waals surface area contributed by atoms with E-state index in [1.54, 1.807) is 30.3 Å². The normalized spacial score (nSPS) is 20.3. The van der Waals surface area contributed by atoms with Crippen molar-refractivity contribution in [3.8, 4) is 11.1 Å². The predicted octanol–water partition coefficient (Wildman–Crippen LogP) is 4.39. The molecular weight excluding hydrogens is 564 g/mol. The van der Waals surface area contributed by atoms with E-state index in [9.17, 15) is 22.8 Å². The number of H-pyrrole nitrogens is 1. The molecule has 230 valence electrons. The van der Waals surface area contributed by atoms with Crippen molar-refractivity contribution in [3.63, 3.8) is 0 Å². The van der Waals surface area contributed by atoms with Crippen molar-refractivity contribution in [2.24, 2.45) is 0 Å². The van der Waals surface area contributed by atoms with E-state index in [4.69, 9.17) is 0 Å². The monoisotopic (exact) mass is 600 g/mol. The first kappa shape index (κ1) is 30.7. The Kier molecular flexibility index (Phi) is 8.91. The lowest BCUT2D eigenvalue weighted by Crippen LogP contribution is -2.55. The molecule has 3 heterocycles. The third-order valence-corrected chi connectivity index (χ3v) is 8.38. The average Bonchev–Trinajstić information content (AvgIpc) is 2.96. The lowest BCUT2D eigenvalue weighted by atomic mass is 9.99. The van der Waals surface area contributed by atoms with E-state index in [1.165, 1.54) is 6.07 Å². The third kappa shape index (κ3) is 6.92. The van der Waals surface area contributed by atoms with Gasteiger partial charge in [-0.25, -0.2) is 4.39 Å². The van der Waals surface area contributed by atoms with Gasteiger partial charge in [0.15, 0.2) is 0 Å². The van der Waals surface area contributed by atoms with Crippen LogP contribution in [0.5, 0.6) is 0 Å². The Morgan fingerprint density at radius 1 is 1.02 bits per heavy atom. The molecule has 2 atom stereocenters. The van der Waals surface area contributed by atoms with Crippen LogP contribution in [0.3, 0.4) is 0 Å². The van der Waals surface area contributed by atoms with E-state index < -0.39 is 34.6 Å². The van der Waals surface area contributed by atoms with E-state index >= 15 is 4.39 Å². The number of carbonyl (C=O) groups excluding carboxylic acids is 1. The Balaban J connectivity index is 1.54. The number of aromatic amines is 1. The quantitative estimate of drug-likeness (QED) is 0.365. The second-order valence-corrected chi connectivity index (χ2v) is 11.4. The standard InChI is InChI=1S/C31H36F4N6O2/c1-19-16-41(17-20(2)39(19)3)28-7-5-22(23-12-21(4-6-26(23)32)18-40-10-8-36-9-11-40)13-27(28)38-30(43)24-15-37-29(42)14-25(24)31(33,34)35/h4-7,12-15,19-20,36H,8-11,16-18H2,1-3H3,(H,37,42)(H,38,43)/t19-,20+. The summed E-state index contributed by atoms with van der Waals surface area (Å²) in [5.74, 6) is -1.49. The fourth-order valence-corrected chi connectivity index (χ4v) is 5.78. The number of anilines is 2. The van der Waals surface area contributed by atoms with Crippen molar-refractivity contribution < 1.29 is 22.4 Å². The minimum atomic E-state index is -4.91. The number of carbonyl (C=O) groups is 1. The number of hydrogen-bond donors (Lipinski definition) is 3. The van der Waals surface area contributed by atoms with Gasteiger partial charge in [0.05, 0.1) is 22.5 Å². The maximum absolute atomic E-state index is 15.2. The second kappa shape index (κ2) is 12.5. The van der Waals surface area contributed by atoms with Crippen molar-refractivity contribution in [3.05, 3.63) is 81.5 Å². The highest BCUT2D eigenvalue weighted by atomic mass is 19.4. The van der Waals surface area contributed by atoms with E-state index in [2.05, 4.69) is 44.2 Å². The molecule has 0 saturated carbocycles. The number of amides is 1. The van der Waals surface area contributed by atoms with Crippen LogP contribution in [0.15, 0.2) is 53.5 Å². The molecule has 0 radical (unpaired) electrons. The summed E-state index contributed by atoms with van der Waals surface area (Å²) in [7, 11) is 2.03. The topological polar surface area (TPSA) is 83.7 Å². The van der Waals surface area contributed by atoms with E-state index in [-0.39, 0.29) is 17.8 Å². The molecule has 3 aromatic rings. The summed E-state index contributed by atoms with van der Waals surface area (Å²) in [4.78, 5) is 33.8. The van der Waals surface area contributed by atoms with Crippen LogP contribution in [0.1, 0.15) is 35.3 Å². The Labute approximate surface area is 247 Å². The van der Waals surface area contributed by atoms with E-state index in [0.29, 0.717) is 42.5 Å². The zero-order valence-electron chi connectivity index (χ0n) is 24.4. The van der Waals surface area contributed by atoms with Gasteiger partial charge in [-0.05, 0) is 56.3 Å². The molecule has 2 aromatic carbocycles. The van der Waals surface area contributed by atoms with Gasteiger partial charge in [0.1, 0.15) is 5.82 Å². The Morgan fingerprint density at radius 2 is 1.72 bits per heavy atom. The molecule has 0 spiro atoms. The van der Waals surface area contributed by atoms with Crippen LogP contribution in [-0.4, -0.2) is 79.1 Å². The fraction of sp³-hybridized carbons (Fsp3) is 0.419. The van der Waals surface area contributed by atoms with Crippen molar-refractivity contribution in [2.45, 2.75) is 38.7 Å². The van der Waals surface area contributed by atoms with Gasteiger partial charge in [-0.1, -0.05) is 12.1 Å². The Morgan fingerprint density at radius 3 is 2.40 bits per heavy atom. The zero-order chi connectivity index (χ0) is 30.9. The highest BCUT2D eigenvalue weighted by Crippen LogP contribution is 2.36. The van der Waals surface area contributed by atoms with E-state index in [0.717, 1.165) is 37.9 Å². The van der Waals surface area contributed by atoms with Gasteiger partial charge in [-0.3, -0.25) is 19.4 Å². The summed E-state index contributed by atoms with van der Waals surface area (Å²) < 4.78 is 56.5. The number of nitrogens with zero attached hydrogens (tertiary/aromatic N) is 3. The predicted molar refractivity (Wildman–Crippen MR) is 159 cm³/mol. The number of likely N-dealkylation sites (N-methyl/N-ethyl adjacent to an activating group) is 1. The second-order valence-electron chi connectivity index (χ2n) is 11.4. The van der Waals surface area contributed by atoms with Crippen LogP contribution >= 0.6 is 0 Å². The van der Waals surface area contributed by atoms with Crippen LogP contribution in [0, 0.1) is 5.82 Å². The Hall–Kier alpha value is -3.74. The van der Waals surface area contributed by atoms with Crippen molar-refractivity contribution in [1.82, 2.24) is 20.1 Å². The molecule has 3 N–H and O–H groups in total. The molecule has 43 heavy (non-hydrogen) atoms. The highest BCUT2D eigenvalue weighted by molar-refractivity contribution is 6.07. The first-order valence-corrected chi connectivity index (χ1v) is 14.3. The fourth-order valence-electron chi connectivity index (χ4n) is 5.78. The molecule has 5 rings (SSSR count). The summed E-state index contributed by atoms with van der Waals surface area (Å²) in [5.41, 5.74) is -0.424. The minimum Gasteiger partial charge on any atom is -0.367 e. The highest BCUT2D eigenvalue weighted by Gasteiger charge is 2.36. The average molecular weight is 601 g/mol. The molecule has 2 fully saturated rings. The van der Waals surface area contributed by atoms with Crippen LogP contribution in [0.2, 0.25) is 0 Å². The number of aromatic nitrogens is 1. The first-order chi connectivity index (χ1) is 20.4. The summed E-state index contributed by atoms with van der Waals surface area (Å²) in [5, 5.41) is 5.97. The van der Waals surface area contributed by atoms with Gasteiger partial charge < -0.3 is 20.5 Å². The zero-order valence-corrected chi connectivity index (χ0v) is 24.4. The maximum atomic E-state index is 15.2. The summed E-state index contributed by atoms with van der Waals surface area (Å²) in [6.45, 7) is 9.55. The summed E-state index contributed by atoms with van der Waals surface area (Å²) in [6.07, 6.45) is -4.15. The lowest BCUT2D eigenvalue weighted by molar-refractivity contribution is -0.138. The lowest BCUT2D eigenvalue weighted by Gasteiger charge is -2.44. The van der Waals surface area contributed by atoms with Gasteiger partial charge in [0.25, 0.3) is 5.91 Å². The van der Waals surface area contributed by atoms with Crippen LogP contribution < -0.4 is 21.1 Å². The molecule has 0 aliphatic carbocycles. The number of benzene rings is 2. The van der Waals surface area contributed by atoms with Crippen molar-refractivity contribution in [1.29, 1.82) is 0 Å². The smallest absolute Gasteiger partial charge is 0.367 e. The van der Waals surface area contributed by atoms with Gasteiger partial charge in [-0.15, -0.1) is 0 Å². The number of piperazine rings is 2. The number of rotatable bonds is 6. The van der Waals surface area contributed by atoms with Crippen LogP contribution in [0.25, 0.3) is 11.1 Å². The largest absolute Gasteiger partial charge is 0.417 e. The van der Waals surface area contributed by atoms with Gasteiger partial charge in [0.2, 0.25) is 5.56 Å². The van der Waals surface area contributed by atoms with Crippen molar-refractivity contribution >= 4 is 17.3 Å². The number of alkyl halides is 3. The molecule has 2 aliphatic heterocycles. The molecular formula is C31H36F4N6O2. The van der Waals surface area contributed by atoms with Crippen molar-refractivity contribution in [2.75, 3.05) is 56.5 Å². The molecule has 2 aliphatic rings. The van der Waals surface area contributed by atoms with Crippen LogP contribution in [-0.2, 0) is 12.7 Å². The molecule has 0 unspecified atom stereocenters. The van der Waals surface area contributed by atoms with E-state index in [1.807, 2.05) is 7.05 Å².